The van der Waals surface area contributed by atoms with Gasteiger partial charge in [-0.2, -0.15) is 0 Å². The van der Waals surface area contributed by atoms with Gasteiger partial charge in [-0.15, -0.1) is 0 Å². The molecule has 17 heavy (non-hydrogen) atoms. The number of nitrogens with one attached hydrogen (secondary N) is 1. The Balaban J connectivity index is 2.73. The maximum Gasteiger partial charge on any atom is 0.159 e. The van der Waals surface area contributed by atoms with E-state index in [2.05, 4.69) is 5.32 Å². The van der Waals surface area contributed by atoms with Gasteiger partial charge in [0.2, 0.25) is 0 Å². The van der Waals surface area contributed by atoms with Gasteiger partial charge in [0.1, 0.15) is 5.78 Å². The van der Waals surface area contributed by atoms with Crippen LogP contribution in [0.25, 0.3) is 0 Å². The molecule has 3 nitrogen and oxygen atoms in total. The van der Waals surface area contributed by atoms with E-state index in [-0.39, 0.29) is 17.6 Å². The minimum Gasteiger partial charge on any atom is -0.307 e. The fraction of sp³-hybridized carbons (Fsp3) is 0.429. The summed E-state index contributed by atoms with van der Waals surface area (Å²) in [4.78, 5) is 22.5. The molecule has 1 atom stereocenters. The summed E-state index contributed by atoms with van der Waals surface area (Å²) in [7, 11) is 0. The molecule has 0 aliphatic heterocycles. The molecule has 0 saturated heterocycles. The van der Waals surface area contributed by atoms with Crippen molar-refractivity contribution in [3.05, 3.63) is 35.4 Å². The second kappa shape index (κ2) is 6.30. The molecule has 0 fully saturated rings. The maximum absolute atomic E-state index is 11.4. The fourth-order valence-electron chi connectivity index (χ4n) is 1.72. The number of carbonyl (C=O) groups is 2. The number of hydrogen-bond donors (Lipinski definition) is 1. The molecule has 1 unspecified atom stereocenters. The van der Waals surface area contributed by atoms with Crippen LogP contribution in [0.4, 0.5) is 0 Å². The molecule has 0 aromatic heterocycles. The van der Waals surface area contributed by atoms with E-state index in [0.29, 0.717) is 12.0 Å². The first-order chi connectivity index (χ1) is 8.04. The standard InChI is InChI=1S/C14H19NO2/c1-4-15-14(11(3)17)9-12-5-7-13(8-6-12)10(2)16/h5-8,14-15H,4,9H2,1-3H3. The Hall–Kier alpha value is -1.48. The minimum atomic E-state index is -0.136. The smallest absolute Gasteiger partial charge is 0.159 e. The fourth-order valence-corrected chi connectivity index (χ4v) is 1.72. The zero-order valence-electron chi connectivity index (χ0n) is 10.6. The van der Waals surface area contributed by atoms with Crippen molar-refractivity contribution in [2.45, 2.75) is 33.2 Å². The molecule has 92 valence electrons. The van der Waals surface area contributed by atoms with Crippen LogP contribution in [0.2, 0.25) is 0 Å². The number of benzene rings is 1. The zero-order valence-corrected chi connectivity index (χ0v) is 10.6. The molecule has 1 aromatic carbocycles. The normalized spacial score (nSPS) is 12.2. The predicted molar refractivity (Wildman–Crippen MR) is 68.3 cm³/mol. The van der Waals surface area contributed by atoms with Crippen LogP contribution in [0.15, 0.2) is 24.3 Å². The van der Waals surface area contributed by atoms with Crippen LogP contribution in [0.1, 0.15) is 36.7 Å². The Morgan fingerprint density at radius 2 is 1.76 bits per heavy atom. The average Bonchev–Trinajstić information content (AvgIpc) is 2.29. The SMILES string of the molecule is CCNC(Cc1ccc(C(C)=O)cc1)C(C)=O. The average molecular weight is 233 g/mol. The van der Waals surface area contributed by atoms with Crippen molar-refractivity contribution in [2.75, 3.05) is 6.54 Å². The van der Waals surface area contributed by atoms with E-state index in [4.69, 9.17) is 0 Å². The summed E-state index contributed by atoms with van der Waals surface area (Å²) >= 11 is 0. The third-order valence-electron chi connectivity index (χ3n) is 2.74. The summed E-state index contributed by atoms with van der Waals surface area (Å²) in [5.74, 6) is 0.203. The second-order valence-corrected chi connectivity index (χ2v) is 4.18. The van der Waals surface area contributed by atoms with Gasteiger partial charge in [0.25, 0.3) is 0 Å². The highest BCUT2D eigenvalue weighted by atomic mass is 16.1. The summed E-state index contributed by atoms with van der Waals surface area (Å²) in [6.45, 7) is 5.90. The van der Waals surface area contributed by atoms with Crippen LogP contribution in [0.3, 0.4) is 0 Å². The number of hydrogen-bond acceptors (Lipinski definition) is 3. The number of carbonyl (C=O) groups excluding carboxylic acids is 2. The van der Waals surface area contributed by atoms with Crippen molar-refractivity contribution in [3.63, 3.8) is 0 Å². The molecule has 3 heteroatoms. The van der Waals surface area contributed by atoms with Gasteiger partial charge in [-0.05, 0) is 32.4 Å². The predicted octanol–water partition coefficient (Wildman–Crippen LogP) is 2.00. The number of likely N-dealkylation sites (N-methyl/N-ethyl adjacent to an activating group) is 1. The molecule has 0 bridgehead atoms. The summed E-state index contributed by atoms with van der Waals surface area (Å²) in [5, 5.41) is 3.15. The first kappa shape index (κ1) is 13.6. The zero-order chi connectivity index (χ0) is 12.8. The van der Waals surface area contributed by atoms with Crippen LogP contribution in [-0.2, 0) is 11.2 Å². The molecule has 0 aliphatic rings. The van der Waals surface area contributed by atoms with E-state index in [1.54, 1.807) is 26.0 Å². The summed E-state index contributed by atoms with van der Waals surface area (Å²) < 4.78 is 0. The Morgan fingerprint density at radius 3 is 2.18 bits per heavy atom. The van der Waals surface area contributed by atoms with Crippen molar-refractivity contribution >= 4 is 11.6 Å². The number of rotatable bonds is 6. The lowest BCUT2D eigenvalue weighted by Gasteiger charge is -2.14. The first-order valence-corrected chi connectivity index (χ1v) is 5.88. The Labute approximate surface area is 102 Å². The quantitative estimate of drug-likeness (QED) is 0.764. The van der Waals surface area contributed by atoms with Crippen molar-refractivity contribution in [1.29, 1.82) is 0 Å². The van der Waals surface area contributed by atoms with Gasteiger partial charge in [-0.3, -0.25) is 9.59 Å². The van der Waals surface area contributed by atoms with Crippen molar-refractivity contribution in [3.8, 4) is 0 Å². The van der Waals surface area contributed by atoms with Crippen LogP contribution in [-0.4, -0.2) is 24.2 Å². The topological polar surface area (TPSA) is 46.2 Å². The van der Waals surface area contributed by atoms with E-state index in [0.717, 1.165) is 12.1 Å². The van der Waals surface area contributed by atoms with Crippen LogP contribution in [0.5, 0.6) is 0 Å². The van der Waals surface area contributed by atoms with Crippen LogP contribution < -0.4 is 5.32 Å². The Kier molecular flexibility index (Phi) is 5.04. The van der Waals surface area contributed by atoms with Gasteiger partial charge in [0, 0.05) is 5.56 Å². The first-order valence-electron chi connectivity index (χ1n) is 5.88. The molecule has 0 heterocycles. The monoisotopic (exact) mass is 233 g/mol. The van der Waals surface area contributed by atoms with E-state index in [1.807, 2.05) is 19.1 Å². The Bertz CT molecular complexity index is 395. The van der Waals surface area contributed by atoms with Gasteiger partial charge >= 0.3 is 0 Å². The van der Waals surface area contributed by atoms with Crippen molar-refractivity contribution < 1.29 is 9.59 Å². The highest BCUT2D eigenvalue weighted by Gasteiger charge is 2.13. The third kappa shape index (κ3) is 4.11. The maximum atomic E-state index is 11.4. The van der Waals surface area contributed by atoms with Crippen LogP contribution >= 0.6 is 0 Å². The lowest BCUT2D eigenvalue weighted by Crippen LogP contribution is -2.37. The Morgan fingerprint density at radius 1 is 1.18 bits per heavy atom. The highest BCUT2D eigenvalue weighted by molar-refractivity contribution is 5.94. The van der Waals surface area contributed by atoms with Crippen molar-refractivity contribution in [2.24, 2.45) is 0 Å². The highest BCUT2D eigenvalue weighted by Crippen LogP contribution is 2.08. The summed E-state index contributed by atoms with van der Waals surface area (Å²) in [6.07, 6.45) is 0.668. The van der Waals surface area contributed by atoms with Crippen molar-refractivity contribution in [1.82, 2.24) is 5.32 Å². The molecule has 0 amide bonds. The molecule has 1 rings (SSSR count). The molecule has 0 spiro atoms. The van der Waals surface area contributed by atoms with Crippen LogP contribution in [0, 0.1) is 0 Å². The number of ketones is 2. The van der Waals surface area contributed by atoms with E-state index in [1.165, 1.54) is 0 Å². The molecule has 0 aliphatic carbocycles. The molecule has 1 aromatic rings. The van der Waals surface area contributed by atoms with Gasteiger partial charge in [-0.1, -0.05) is 31.2 Å². The van der Waals surface area contributed by atoms with Gasteiger partial charge < -0.3 is 5.32 Å². The second-order valence-electron chi connectivity index (χ2n) is 4.18. The van der Waals surface area contributed by atoms with E-state index >= 15 is 0 Å². The van der Waals surface area contributed by atoms with Gasteiger partial charge in [0.05, 0.1) is 6.04 Å². The van der Waals surface area contributed by atoms with Gasteiger partial charge in [-0.25, -0.2) is 0 Å². The summed E-state index contributed by atoms with van der Waals surface area (Å²) in [6, 6.07) is 7.29. The largest absolute Gasteiger partial charge is 0.307 e. The molecule has 1 N–H and O–H groups in total. The lowest BCUT2D eigenvalue weighted by molar-refractivity contribution is -0.118. The minimum absolute atomic E-state index is 0.0614. The molecule has 0 radical (unpaired) electrons. The number of Topliss-reactive ketones (excluding diaryl/α,β-unsaturated/α-hetero) is 2. The lowest BCUT2D eigenvalue weighted by atomic mass is 10.0. The molecular formula is C14H19NO2. The van der Waals surface area contributed by atoms with E-state index < -0.39 is 0 Å². The molecule has 0 saturated carbocycles. The van der Waals surface area contributed by atoms with E-state index in [9.17, 15) is 9.59 Å². The van der Waals surface area contributed by atoms with Gasteiger partial charge in [0.15, 0.2) is 5.78 Å². The summed E-state index contributed by atoms with van der Waals surface area (Å²) in [5.41, 5.74) is 1.77. The molecular weight excluding hydrogens is 214 g/mol. The third-order valence-corrected chi connectivity index (χ3v) is 2.74.